The van der Waals surface area contributed by atoms with Crippen molar-refractivity contribution in [3.8, 4) is 0 Å². The minimum atomic E-state index is -1.05. The molecule has 1 amide bonds. The predicted molar refractivity (Wildman–Crippen MR) is 144 cm³/mol. The van der Waals surface area contributed by atoms with Crippen molar-refractivity contribution in [2.75, 3.05) is 36.5 Å². The fraction of sp³-hybridized carbons (Fsp3) is 0.259. The molecule has 3 N–H and O–H groups in total. The summed E-state index contributed by atoms with van der Waals surface area (Å²) in [4.78, 5) is 18.0. The molecule has 5 aromatic rings. The van der Waals surface area contributed by atoms with Crippen molar-refractivity contribution in [1.82, 2.24) is 29.7 Å². The van der Waals surface area contributed by atoms with Crippen LogP contribution in [-0.2, 0) is 11.3 Å². The maximum Gasteiger partial charge on any atom is 0.411 e. The van der Waals surface area contributed by atoms with Gasteiger partial charge in [0.2, 0.25) is 0 Å². The van der Waals surface area contributed by atoms with Crippen molar-refractivity contribution in [3.05, 3.63) is 78.1 Å². The Morgan fingerprint density at radius 3 is 2.97 bits per heavy atom. The average Bonchev–Trinajstić information content (AvgIpc) is 3.48. The Hall–Kier alpha value is -4.55. The Morgan fingerprint density at radius 2 is 2.18 bits per heavy atom. The Labute approximate surface area is 222 Å². The van der Waals surface area contributed by atoms with Gasteiger partial charge in [0.25, 0.3) is 0 Å². The van der Waals surface area contributed by atoms with Crippen LogP contribution < -0.4 is 15.5 Å². The molecule has 11 nitrogen and oxygen atoms in total. The summed E-state index contributed by atoms with van der Waals surface area (Å²) in [6.07, 6.45) is 3.85. The number of carboxylic acid groups (broad SMARTS) is 1. The van der Waals surface area contributed by atoms with Crippen LogP contribution in [-0.4, -0.2) is 67.9 Å². The number of amides is 1. The highest BCUT2D eigenvalue weighted by Gasteiger charge is 2.26. The number of aryl methyl sites for hydroxylation is 1. The molecule has 1 saturated heterocycles. The zero-order chi connectivity index (χ0) is 26.9. The second-order valence-electron chi connectivity index (χ2n) is 9.49. The standard InChI is InChI=1S/C27H27FN8O3/c1-17-24(34(27(37)38)13-22-15-39-8-7-29-22)14-36-25(17)26(30-16-32-36)33-21-5-6-23-19(10-21)11-31-35(23)12-18-3-2-4-20(28)9-18/h2-6,9-11,14,16,22,29H,7-8,12-13,15H2,1H3,(H,37,38)(H,30,32,33)/t22-/m0/s1. The van der Waals surface area contributed by atoms with E-state index < -0.39 is 6.09 Å². The monoisotopic (exact) mass is 530 g/mol. The number of carbonyl (C=O) groups is 1. The van der Waals surface area contributed by atoms with Gasteiger partial charge < -0.3 is 20.5 Å². The first-order valence-electron chi connectivity index (χ1n) is 12.6. The minimum Gasteiger partial charge on any atom is -0.465 e. The maximum absolute atomic E-state index is 13.6. The van der Waals surface area contributed by atoms with Gasteiger partial charge in [0, 0.05) is 35.8 Å². The molecule has 1 aliphatic heterocycles. The first-order valence-corrected chi connectivity index (χ1v) is 12.6. The lowest BCUT2D eigenvalue weighted by atomic mass is 10.2. The molecule has 0 spiro atoms. The Kier molecular flexibility index (Phi) is 6.55. The third-order valence-electron chi connectivity index (χ3n) is 6.85. The Balaban J connectivity index is 1.28. The number of nitrogens with one attached hydrogen (secondary N) is 2. The van der Waals surface area contributed by atoms with Gasteiger partial charge in [-0.1, -0.05) is 12.1 Å². The fourth-order valence-corrected chi connectivity index (χ4v) is 4.98. The van der Waals surface area contributed by atoms with Crippen molar-refractivity contribution < 1.29 is 19.0 Å². The zero-order valence-electron chi connectivity index (χ0n) is 21.2. The van der Waals surface area contributed by atoms with Crippen LogP contribution in [0.1, 0.15) is 11.1 Å². The molecule has 12 heteroatoms. The van der Waals surface area contributed by atoms with Crippen molar-refractivity contribution in [2.45, 2.75) is 19.5 Å². The van der Waals surface area contributed by atoms with Crippen molar-refractivity contribution >= 4 is 39.7 Å². The van der Waals surface area contributed by atoms with Crippen molar-refractivity contribution in [1.29, 1.82) is 0 Å². The lowest BCUT2D eigenvalue weighted by Gasteiger charge is -2.28. The molecule has 39 heavy (non-hydrogen) atoms. The molecule has 1 fully saturated rings. The summed E-state index contributed by atoms with van der Waals surface area (Å²) in [6, 6.07) is 12.2. The number of hydrogen-bond acceptors (Lipinski definition) is 7. The molecule has 1 atom stereocenters. The molecule has 0 unspecified atom stereocenters. The molecular formula is C27H27FN8O3. The van der Waals surface area contributed by atoms with E-state index in [1.54, 1.807) is 23.0 Å². The Morgan fingerprint density at radius 1 is 1.28 bits per heavy atom. The summed E-state index contributed by atoms with van der Waals surface area (Å²) >= 11 is 0. The number of hydrogen-bond donors (Lipinski definition) is 3. The normalized spacial score (nSPS) is 15.6. The SMILES string of the molecule is Cc1c(N(C[C@H]2COCCN2)C(=O)O)cn2ncnc(Nc3ccc4c(cnn4Cc4cccc(F)c4)c3)c12. The van der Waals surface area contributed by atoms with Gasteiger partial charge in [-0.2, -0.15) is 10.2 Å². The lowest BCUT2D eigenvalue weighted by Crippen LogP contribution is -2.49. The molecule has 200 valence electrons. The number of aromatic nitrogens is 5. The predicted octanol–water partition coefficient (Wildman–Crippen LogP) is 3.79. The van der Waals surface area contributed by atoms with Gasteiger partial charge in [0.15, 0.2) is 5.82 Å². The summed E-state index contributed by atoms with van der Waals surface area (Å²) in [5.74, 6) is 0.270. The highest BCUT2D eigenvalue weighted by molar-refractivity contribution is 5.92. The second-order valence-corrected chi connectivity index (χ2v) is 9.49. The summed E-state index contributed by atoms with van der Waals surface area (Å²) in [5, 5.41) is 26.4. The van der Waals surface area contributed by atoms with Crippen molar-refractivity contribution in [3.63, 3.8) is 0 Å². The number of morpholine rings is 1. The molecule has 6 rings (SSSR count). The van der Waals surface area contributed by atoms with E-state index in [9.17, 15) is 14.3 Å². The number of ether oxygens (including phenoxy) is 1. The third-order valence-corrected chi connectivity index (χ3v) is 6.85. The molecular weight excluding hydrogens is 503 g/mol. The fourth-order valence-electron chi connectivity index (χ4n) is 4.98. The summed E-state index contributed by atoms with van der Waals surface area (Å²) in [6.45, 7) is 4.31. The first kappa shape index (κ1) is 24.8. The van der Waals surface area contributed by atoms with Crippen molar-refractivity contribution in [2.24, 2.45) is 0 Å². The van der Waals surface area contributed by atoms with Gasteiger partial charge in [-0.25, -0.2) is 18.7 Å². The van der Waals surface area contributed by atoms with Crippen LogP contribution in [0.5, 0.6) is 0 Å². The van der Waals surface area contributed by atoms with Crippen LogP contribution >= 0.6 is 0 Å². The zero-order valence-corrected chi connectivity index (χ0v) is 21.2. The molecule has 3 aromatic heterocycles. The topological polar surface area (TPSA) is 122 Å². The van der Waals surface area contributed by atoms with Gasteiger partial charge in [-0.3, -0.25) is 9.58 Å². The number of benzene rings is 2. The number of fused-ring (bicyclic) bond motifs is 2. The van der Waals surface area contributed by atoms with E-state index in [4.69, 9.17) is 4.74 Å². The number of rotatable bonds is 7. The molecule has 0 aliphatic carbocycles. The van der Waals surface area contributed by atoms with E-state index in [0.29, 0.717) is 43.3 Å². The van der Waals surface area contributed by atoms with E-state index >= 15 is 0 Å². The smallest absolute Gasteiger partial charge is 0.411 e. The van der Waals surface area contributed by atoms with Gasteiger partial charge in [-0.15, -0.1) is 0 Å². The van der Waals surface area contributed by atoms with Crippen LogP contribution in [0.25, 0.3) is 16.4 Å². The number of nitrogens with zero attached hydrogens (tertiary/aromatic N) is 6. The van der Waals surface area contributed by atoms with Crippen LogP contribution in [0, 0.1) is 12.7 Å². The summed E-state index contributed by atoms with van der Waals surface area (Å²) in [5.41, 5.74) is 4.47. The van der Waals surface area contributed by atoms with Gasteiger partial charge in [-0.05, 0) is 42.8 Å². The average molecular weight is 531 g/mol. The van der Waals surface area contributed by atoms with E-state index in [-0.39, 0.29) is 18.4 Å². The van der Waals surface area contributed by atoms with E-state index in [1.807, 2.05) is 35.9 Å². The maximum atomic E-state index is 13.6. The molecule has 0 saturated carbocycles. The third kappa shape index (κ3) is 4.99. The Bertz CT molecular complexity index is 1660. The second kappa shape index (κ2) is 10.3. The minimum absolute atomic E-state index is 0.102. The molecule has 2 aromatic carbocycles. The van der Waals surface area contributed by atoms with Gasteiger partial charge in [0.05, 0.1) is 43.4 Å². The van der Waals surface area contributed by atoms with Crippen LogP contribution in [0.2, 0.25) is 0 Å². The molecule has 0 bridgehead atoms. The lowest BCUT2D eigenvalue weighted by molar-refractivity contribution is 0.0786. The number of halogens is 1. The number of anilines is 3. The van der Waals surface area contributed by atoms with Gasteiger partial charge >= 0.3 is 6.09 Å². The largest absolute Gasteiger partial charge is 0.465 e. The molecule has 4 heterocycles. The first-order chi connectivity index (χ1) is 19.0. The quantitative estimate of drug-likeness (QED) is 0.291. The highest BCUT2D eigenvalue weighted by atomic mass is 19.1. The highest BCUT2D eigenvalue weighted by Crippen LogP contribution is 2.31. The van der Waals surface area contributed by atoms with Gasteiger partial charge in [0.1, 0.15) is 17.7 Å². The summed E-state index contributed by atoms with van der Waals surface area (Å²) in [7, 11) is 0. The van der Waals surface area contributed by atoms with E-state index in [0.717, 1.165) is 27.7 Å². The van der Waals surface area contributed by atoms with Crippen LogP contribution in [0.4, 0.5) is 26.4 Å². The molecule has 0 radical (unpaired) electrons. The molecule has 1 aliphatic rings. The summed E-state index contributed by atoms with van der Waals surface area (Å²) < 4.78 is 22.6. The van der Waals surface area contributed by atoms with Crippen LogP contribution in [0.15, 0.2) is 61.2 Å². The van der Waals surface area contributed by atoms with Crippen LogP contribution in [0.3, 0.4) is 0 Å². The van der Waals surface area contributed by atoms with E-state index in [1.165, 1.54) is 23.4 Å². The van der Waals surface area contributed by atoms with E-state index in [2.05, 4.69) is 25.8 Å².